The third-order valence-corrected chi connectivity index (χ3v) is 3.59. The second kappa shape index (κ2) is 6.33. The molecule has 0 radical (unpaired) electrons. The highest BCUT2D eigenvalue weighted by molar-refractivity contribution is 6.30. The van der Waals surface area contributed by atoms with Gasteiger partial charge in [0.1, 0.15) is 5.75 Å². The molecular formula is C16H24ClNO2. The van der Waals surface area contributed by atoms with E-state index in [1.54, 1.807) is 0 Å². The highest BCUT2D eigenvalue weighted by Gasteiger charge is 2.19. The van der Waals surface area contributed by atoms with Crippen LogP contribution in [-0.4, -0.2) is 24.4 Å². The van der Waals surface area contributed by atoms with Gasteiger partial charge in [-0.2, -0.15) is 0 Å². The third-order valence-electron chi connectivity index (χ3n) is 3.37. The van der Waals surface area contributed by atoms with Gasteiger partial charge in [0.15, 0.2) is 0 Å². The van der Waals surface area contributed by atoms with Crippen molar-refractivity contribution in [2.75, 3.05) is 13.2 Å². The molecule has 0 aliphatic carbocycles. The minimum atomic E-state index is -0.330. The number of hydrogen-bond donors (Lipinski definition) is 2. The molecule has 1 aromatic rings. The quantitative estimate of drug-likeness (QED) is 0.877. The zero-order chi connectivity index (χ0) is 14.8. The summed E-state index contributed by atoms with van der Waals surface area (Å²) in [4.78, 5) is 0. The summed E-state index contributed by atoms with van der Waals surface area (Å²) in [6.07, 6.45) is 1.38. The molecule has 0 spiro atoms. The summed E-state index contributed by atoms with van der Waals surface area (Å²) in [5.41, 5.74) is 2.40. The van der Waals surface area contributed by atoms with Crippen molar-refractivity contribution in [2.45, 2.75) is 46.3 Å². The lowest BCUT2D eigenvalue weighted by Gasteiger charge is -2.22. The van der Waals surface area contributed by atoms with Gasteiger partial charge in [-0.25, -0.2) is 0 Å². The molecule has 112 valence electrons. The summed E-state index contributed by atoms with van der Waals surface area (Å²) < 4.78 is 5.66. The molecule has 0 bridgehead atoms. The van der Waals surface area contributed by atoms with Crippen molar-refractivity contribution in [2.24, 2.45) is 5.41 Å². The van der Waals surface area contributed by atoms with Crippen LogP contribution in [0.1, 0.15) is 38.3 Å². The maximum Gasteiger partial charge on any atom is 0.127 e. The molecule has 3 nitrogen and oxygen atoms in total. The molecule has 2 rings (SSSR count). The van der Waals surface area contributed by atoms with E-state index in [1.807, 2.05) is 12.1 Å². The van der Waals surface area contributed by atoms with Crippen molar-refractivity contribution in [1.29, 1.82) is 0 Å². The second-order valence-electron chi connectivity index (χ2n) is 6.70. The number of benzene rings is 1. The number of aliphatic hydroxyl groups excluding tert-OH is 1. The molecule has 0 fully saturated rings. The Balaban J connectivity index is 1.89. The highest BCUT2D eigenvalue weighted by atomic mass is 35.5. The Morgan fingerprint density at radius 3 is 2.85 bits per heavy atom. The van der Waals surface area contributed by atoms with Gasteiger partial charge in [0, 0.05) is 30.1 Å². The maximum atomic E-state index is 9.99. The molecule has 0 saturated carbocycles. The lowest BCUT2D eigenvalue weighted by molar-refractivity contribution is 0.119. The summed E-state index contributed by atoms with van der Waals surface area (Å²) in [6.45, 7) is 8.38. The average Bonchev–Trinajstić information content (AvgIpc) is 2.74. The van der Waals surface area contributed by atoms with Crippen molar-refractivity contribution in [3.8, 4) is 5.75 Å². The zero-order valence-electron chi connectivity index (χ0n) is 12.5. The molecule has 1 aromatic carbocycles. The van der Waals surface area contributed by atoms with E-state index in [-0.39, 0.29) is 11.5 Å². The standard InChI is InChI=1S/C16H24ClNO2/c1-16(2,3)8-14(19)10-18-9-12-7-13(17)6-11-4-5-20-15(11)12/h6-7,14,18-19H,4-5,8-10H2,1-3H3. The van der Waals surface area contributed by atoms with Crippen LogP contribution in [0.25, 0.3) is 0 Å². The fourth-order valence-electron chi connectivity index (χ4n) is 2.63. The SMILES string of the molecule is CC(C)(C)CC(O)CNCc1cc(Cl)cc2c1OCC2. The smallest absolute Gasteiger partial charge is 0.127 e. The first-order chi connectivity index (χ1) is 9.35. The molecule has 0 aromatic heterocycles. The maximum absolute atomic E-state index is 9.99. The lowest BCUT2D eigenvalue weighted by atomic mass is 9.89. The molecular weight excluding hydrogens is 274 g/mol. The Hall–Kier alpha value is -0.770. The van der Waals surface area contributed by atoms with Crippen LogP contribution in [0.15, 0.2) is 12.1 Å². The fourth-order valence-corrected chi connectivity index (χ4v) is 2.89. The summed E-state index contributed by atoms with van der Waals surface area (Å²) in [5, 5.41) is 14.0. The lowest BCUT2D eigenvalue weighted by Crippen LogP contribution is -2.29. The molecule has 0 amide bonds. The molecule has 1 atom stereocenters. The number of halogens is 1. The Labute approximate surface area is 126 Å². The first-order valence-electron chi connectivity index (χ1n) is 7.18. The average molecular weight is 298 g/mol. The Morgan fingerprint density at radius 2 is 2.15 bits per heavy atom. The number of nitrogens with one attached hydrogen (secondary N) is 1. The van der Waals surface area contributed by atoms with Gasteiger partial charge < -0.3 is 15.2 Å². The van der Waals surface area contributed by atoms with E-state index in [1.165, 1.54) is 5.56 Å². The van der Waals surface area contributed by atoms with Gasteiger partial charge in [-0.15, -0.1) is 0 Å². The Morgan fingerprint density at radius 1 is 1.40 bits per heavy atom. The van der Waals surface area contributed by atoms with E-state index in [2.05, 4.69) is 26.1 Å². The normalized spacial score (nSPS) is 15.8. The van der Waals surface area contributed by atoms with Crippen LogP contribution in [0.3, 0.4) is 0 Å². The van der Waals surface area contributed by atoms with Crippen LogP contribution in [-0.2, 0) is 13.0 Å². The molecule has 2 N–H and O–H groups in total. The van der Waals surface area contributed by atoms with E-state index >= 15 is 0 Å². The van der Waals surface area contributed by atoms with E-state index in [0.29, 0.717) is 13.1 Å². The van der Waals surface area contributed by atoms with E-state index in [9.17, 15) is 5.11 Å². The molecule has 1 unspecified atom stereocenters. The van der Waals surface area contributed by atoms with Gasteiger partial charge in [-0.3, -0.25) is 0 Å². The van der Waals surface area contributed by atoms with Crippen LogP contribution in [0.5, 0.6) is 5.75 Å². The van der Waals surface area contributed by atoms with Crippen molar-refractivity contribution in [1.82, 2.24) is 5.32 Å². The second-order valence-corrected chi connectivity index (χ2v) is 7.14. The number of hydrogen-bond acceptors (Lipinski definition) is 3. The van der Waals surface area contributed by atoms with Crippen LogP contribution in [0, 0.1) is 5.41 Å². The summed E-state index contributed by atoms with van der Waals surface area (Å²) in [5.74, 6) is 0.965. The van der Waals surface area contributed by atoms with E-state index in [4.69, 9.17) is 16.3 Å². The molecule has 0 saturated heterocycles. The van der Waals surface area contributed by atoms with Gasteiger partial charge in [0.05, 0.1) is 12.7 Å². The van der Waals surface area contributed by atoms with Gasteiger partial charge in [0.25, 0.3) is 0 Å². The molecule has 1 heterocycles. The summed E-state index contributed by atoms with van der Waals surface area (Å²) in [7, 11) is 0. The van der Waals surface area contributed by atoms with E-state index in [0.717, 1.165) is 35.8 Å². The number of aliphatic hydroxyl groups is 1. The highest BCUT2D eigenvalue weighted by Crippen LogP contribution is 2.32. The predicted octanol–water partition coefficient (Wildman–Crippen LogP) is 3.16. The predicted molar refractivity (Wildman–Crippen MR) is 82.4 cm³/mol. The number of rotatable bonds is 5. The van der Waals surface area contributed by atoms with Crippen molar-refractivity contribution < 1.29 is 9.84 Å². The van der Waals surface area contributed by atoms with Gasteiger partial charge in [0.2, 0.25) is 0 Å². The molecule has 1 aliphatic rings. The van der Waals surface area contributed by atoms with E-state index < -0.39 is 0 Å². The minimum absolute atomic E-state index is 0.140. The first-order valence-corrected chi connectivity index (χ1v) is 7.56. The van der Waals surface area contributed by atoms with Crippen molar-refractivity contribution in [3.63, 3.8) is 0 Å². The topological polar surface area (TPSA) is 41.5 Å². The van der Waals surface area contributed by atoms with Crippen LogP contribution < -0.4 is 10.1 Å². The fraction of sp³-hybridized carbons (Fsp3) is 0.625. The largest absolute Gasteiger partial charge is 0.493 e. The molecule has 4 heteroatoms. The first kappa shape index (κ1) is 15.6. The van der Waals surface area contributed by atoms with Crippen LogP contribution in [0.2, 0.25) is 5.02 Å². The molecule has 1 aliphatic heterocycles. The van der Waals surface area contributed by atoms with Crippen LogP contribution in [0.4, 0.5) is 0 Å². The van der Waals surface area contributed by atoms with Gasteiger partial charge in [-0.05, 0) is 29.5 Å². The van der Waals surface area contributed by atoms with Gasteiger partial charge >= 0.3 is 0 Å². The number of ether oxygens (including phenoxy) is 1. The summed E-state index contributed by atoms with van der Waals surface area (Å²) in [6, 6.07) is 3.91. The van der Waals surface area contributed by atoms with Crippen LogP contribution >= 0.6 is 11.6 Å². The third kappa shape index (κ3) is 4.37. The Bertz CT molecular complexity index is 468. The zero-order valence-corrected chi connectivity index (χ0v) is 13.3. The molecule has 20 heavy (non-hydrogen) atoms. The Kier molecular flexibility index (Phi) is 4.95. The van der Waals surface area contributed by atoms with Gasteiger partial charge in [-0.1, -0.05) is 32.4 Å². The van der Waals surface area contributed by atoms with Crippen molar-refractivity contribution in [3.05, 3.63) is 28.3 Å². The number of fused-ring (bicyclic) bond motifs is 1. The minimum Gasteiger partial charge on any atom is -0.493 e. The summed E-state index contributed by atoms with van der Waals surface area (Å²) >= 11 is 6.12. The monoisotopic (exact) mass is 297 g/mol. The van der Waals surface area contributed by atoms with Crippen molar-refractivity contribution >= 4 is 11.6 Å².